The van der Waals surface area contributed by atoms with Crippen LogP contribution in [0.5, 0.6) is 0 Å². The minimum atomic E-state index is -3.94. The van der Waals surface area contributed by atoms with Gasteiger partial charge >= 0.3 is 11.9 Å². The molecule has 2 aliphatic heterocycles. The first-order valence-electron chi connectivity index (χ1n) is 15.7. The van der Waals surface area contributed by atoms with Crippen LogP contribution < -0.4 is 20.1 Å². The van der Waals surface area contributed by atoms with Crippen molar-refractivity contribution in [2.75, 3.05) is 17.8 Å². The van der Waals surface area contributed by atoms with E-state index < -0.39 is 46.0 Å². The minimum Gasteiger partial charge on any atom is -0.480 e. The van der Waals surface area contributed by atoms with Crippen LogP contribution in [0, 0.1) is 5.92 Å². The van der Waals surface area contributed by atoms with Crippen molar-refractivity contribution in [3.05, 3.63) is 52.5 Å². The topological polar surface area (TPSA) is 186 Å². The Morgan fingerprint density at radius 2 is 1.83 bits per heavy atom. The molecule has 13 nitrogen and oxygen atoms in total. The number of benzene rings is 2. The molecule has 0 spiro atoms. The lowest BCUT2D eigenvalue weighted by molar-refractivity contribution is -0.151. The van der Waals surface area contributed by atoms with Gasteiger partial charge in [-0.25, -0.2) is 22.7 Å². The number of carboxylic acid groups (broad SMARTS) is 2. The second kappa shape index (κ2) is 15.9. The third kappa shape index (κ3) is 8.56. The van der Waals surface area contributed by atoms with Gasteiger partial charge in [-0.15, -0.1) is 11.6 Å². The van der Waals surface area contributed by atoms with Crippen molar-refractivity contribution in [3.63, 3.8) is 0 Å². The van der Waals surface area contributed by atoms with E-state index in [4.69, 9.17) is 27.9 Å². The van der Waals surface area contributed by atoms with E-state index in [9.17, 15) is 33.0 Å². The number of fused-ring (bicyclic) bond motifs is 2. The van der Waals surface area contributed by atoms with Gasteiger partial charge in [-0.05, 0) is 67.3 Å². The minimum absolute atomic E-state index is 0.00707. The summed E-state index contributed by atoms with van der Waals surface area (Å²) in [5, 5.41) is 25.6. The first-order chi connectivity index (χ1) is 22.9. The first kappa shape index (κ1) is 36.6. The number of alkyl halides is 1. The average Bonchev–Trinajstić information content (AvgIpc) is 3.46. The van der Waals surface area contributed by atoms with E-state index in [-0.39, 0.29) is 47.8 Å². The lowest BCUT2D eigenvalue weighted by Crippen LogP contribution is -2.56. The standard InChI is InChI=1S/C31H39Cl2N5O8S2/c1-17(29(39)38-24-5-3-2-4-20(24)10-25(38)31(42)43)35-23(30(40)41)16-46-15-19-8-6-18(7-9-19)14-34-48(44,45)27-12-26-22(11-21(27)33)36-28(13-32)37-47-26/h6-9,11-12,17,20,23-25,28,34-37H,2-5,10,13-16H2,1H3,(H,40,41)(H,42,43)/t17-,20?,23-,24?,25-,28?/m0/s1. The van der Waals surface area contributed by atoms with E-state index in [2.05, 4.69) is 20.1 Å². The van der Waals surface area contributed by atoms with Crippen LogP contribution in [0.15, 0.2) is 46.2 Å². The zero-order valence-corrected chi connectivity index (χ0v) is 29.3. The highest BCUT2D eigenvalue weighted by Gasteiger charge is 2.48. The van der Waals surface area contributed by atoms with Crippen molar-refractivity contribution in [1.82, 2.24) is 19.7 Å². The number of carboxylic acids is 2. The van der Waals surface area contributed by atoms with Gasteiger partial charge in [0.1, 0.15) is 23.1 Å². The molecule has 0 bridgehead atoms. The number of nitrogens with zero attached hydrogens (tertiary/aromatic N) is 1. The molecule has 1 amide bonds. The zero-order chi connectivity index (χ0) is 34.6. The van der Waals surface area contributed by atoms with Crippen molar-refractivity contribution >= 4 is 68.7 Å². The van der Waals surface area contributed by atoms with Crippen LogP contribution >= 0.6 is 35.1 Å². The highest BCUT2D eigenvalue weighted by molar-refractivity contribution is 7.97. The van der Waals surface area contributed by atoms with Gasteiger partial charge < -0.3 is 25.2 Å². The quantitative estimate of drug-likeness (QED) is 0.122. The van der Waals surface area contributed by atoms with Crippen molar-refractivity contribution in [1.29, 1.82) is 0 Å². The van der Waals surface area contributed by atoms with Crippen molar-refractivity contribution in [2.45, 2.75) is 92.3 Å². The van der Waals surface area contributed by atoms with Crippen LogP contribution in [-0.4, -0.2) is 84.2 Å². The molecular weight excluding hydrogens is 705 g/mol. The number of ether oxygens (including phenoxy) is 1. The molecule has 0 radical (unpaired) electrons. The SMILES string of the molecule is C[C@H](N[C@@H](COCc1ccc(CNS(=O)(=O)c2cc3c(cc2Cl)NC(CCl)NS3)cc1)C(=O)O)C(=O)N1C2CCCCC2C[C@H]1C(=O)O. The Balaban J connectivity index is 1.12. The second-order valence-electron chi connectivity index (χ2n) is 12.2. The lowest BCUT2D eigenvalue weighted by atomic mass is 9.84. The number of amides is 1. The predicted octanol–water partition coefficient (Wildman–Crippen LogP) is 3.60. The first-order valence-corrected chi connectivity index (χ1v) is 18.9. The van der Waals surface area contributed by atoms with Gasteiger partial charge in [0.25, 0.3) is 0 Å². The Labute approximate surface area is 293 Å². The van der Waals surface area contributed by atoms with Gasteiger partial charge in [-0.1, -0.05) is 48.7 Å². The van der Waals surface area contributed by atoms with E-state index in [1.165, 1.54) is 22.9 Å². The number of hydrogen-bond acceptors (Lipinski definition) is 10. The molecule has 262 valence electrons. The molecule has 5 rings (SSSR count). The number of carbonyl (C=O) groups is 3. The van der Waals surface area contributed by atoms with E-state index in [0.29, 0.717) is 28.4 Å². The van der Waals surface area contributed by atoms with Gasteiger partial charge in [0, 0.05) is 17.5 Å². The Bertz CT molecular complexity index is 1620. The van der Waals surface area contributed by atoms with Crippen molar-refractivity contribution in [2.24, 2.45) is 5.92 Å². The third-order valence-corrected chi connectivity index (χ3v) is 12.0. The number of nitrogens with one attached hydrogen (secondary N) is 4. The highest BCUT2D eigenvalue weighted by atomic mass is 35.5. The molecule has 0 aromatic heterocycles. The summed E-state index contributed by atoms with van der Waals surface area (Å²) in [6, 6.07) is 6.82. The molecule has 17 heteroatoms. The van der Waals surface area contributed by atoms with Crippen molar-refractivity contribution in [3.8, 4) is 0 Å². The molecule has 2 aromatic rings. The molecular formula is C31H39Cl2N5O8S2. The van der Waals surface area contributed by atoms with Crippen molar-refractivity contribution < 1.29 is 37.8 Å². The molecule has 3 unspecified atom stereocenters. The maximum Gasteiger partial charge on any atom is 0.326 e. The summed E-state index contributed by atoms with van der Waals surface area (Å²) in [7, 11) is -3.94. The van der Waals surface area contributed by atoms with Gasteiger partial charge in [0.2, 0.25) is 15.9 Å². The second-order valence-corrected chi connectivity index (χ2v) is 15.6. The molecule has 2 aromatic carbocycles. The van der Waals surface area contributed by atoms with E-state index in [1.807, 2.05) is 0 Å². The van der Waals surface area contributed by atoms with Crippen LogP contribution in [-0.2, 0) is 42.3 Å². The van der Waals surface area contributed by atoms with Crippen LogP contribution in [0.3, 0.4) is 0 Å². The maximum absolute atomic E-state index is 13.4. The summed E-state index contributed by atoms with van der Waals surface area (Å²) >= 11 is 13.5. The molecule has 1 saturated heterocycles. The van der Waals surface area contributed by atoms with E-state index in [1.54, 1.807) is 37.3 Å². The summed E-state index contributed by atoms with van der Waals surface area (Å²) in [5.41, 5.74) is 2.09. The summed E-state index contributed by atoms with van der Waals surface area (Å²) in [6.07, 6.45) is 3.82. The van der Waals surface area contributed by atoms with Gasteiger partial charge in [-0.2, -0.15) is 0 Å². The van der Waals surface area contributed by atoms with Gasteiger partial charge in [-0.3, -0.25) is 14.9 Å². The van der Waals surface area contributed by atoms with Crippen LogP contribution in [0.1, 0.15) is 50.2 Å². The number of sulfonamides is 1. The van der Waals surface area contributed by atoms with Crippen LogP contribution in [0.2, 0.25) is 5.02 Å². The molecule has 2 heterocycles. The molecule has 6 N–H and O–H groups in total. The monoisotopic (exact) mass is 743 g/mol. The smallest absolute Gasteiger partial charge is 0.326 e. The fourth-order valence-corrected chi connectivity index (χ4v) is 9.15. The number of likely N-dealkylation sites (tertiary alicyclic amines) is 1. The Hall–Kier alpha value is -2.63. The fraction of sp³-hybridized carbons (Fsp3) is 0.516. The van der Waals surface area contributed by atoms with E-state index >= 15 is 0 Å². The summed E-state index contributed by atoms with van der Waals surface area (Å²) in [6.45, 7) is 1.39. The van der Waals surface area contributed by atoms with Gasteiger partial charge in [0.15, 0.2) is 0 Å². The third-order valence-electron chi connectivity index (χ3n) is 8.91. The molecule has 1 aliphatic carbocycles. The molecule has 1 saturated carbocycles. The van der Waals surface area contributed by atoms with Crippen LogP contribution in [0.4, 0.5) is 5.69 Å². The normalized spacial score (nSPS) is 23.4. The summed E-state index contributed by atoms with van der Waals surface area (Å²) in [4.78, 5) is 39.4. The number of carbonyl (C=O) groups excluding carboxylic acids is 1. The molecule has 2 fully saturated rings. The molecule has 6 atom stereocenters. The Kier molecular flexibility index (Phi) is 12.2. The van der Waals surface area contributed by atoms with E-state index in [0.717, 1.165) is 31.2 Å². The van der Waals surface area contributed by atoms with Gasteiger partial charge in [0.05, 0.1) is 35.8 Å². The fourth-order valence-electron chi connectivity index (χ4n) is 6.45. The lowest BCUT2D eigenvalue weighted by Gasteiger charge is -2.35. The number of anilines is 1. The largest absolute Gasteiger partial charge is 0.480 e. The summed E-state index contributed by atoms with van der Waals surface area (Å²) < 4.78 is 37.5. The highest BCUT2D eigenvalue weighted by Crippen LogP contribution is 2.40. The number of halogens is 2. The van der Waals surface area contributed by atoms with Crippen LogP contribution in [0.25, 0.3) is 0 Å². The summed E-state index contributed by atoms with van der Waals surface area (Å²) in [5.74, 6) is -2.20. The maximum atomic E-state index is 13.4. The number of hydrogen-bond donors (Lipinski definition) is 6. The Morgan fingerprint density at radius 1 is 1.12 bits per heavy atom. The number of aliphatic carboxylic acids is 2. The molecule has 3 aliphatic rings. The number of rotatable bonds is 14. The molecule has 48 heavy (non-hydrogen) atoms. The Morgan fingerprint density at radius 3 is 2.52 bits per heavy atom. The zero-order valence-electron chi connectivity index (χ0n) is 26.2. The predicted molar refractivity (Wildman–Crippen MR) is 181 cm³/mol. The average molecular weight is 745 g/mol.